The Kier molecular flexibility index (Phi) is 3.65. The van der Waals surface area contributed by atoms with Crippen molar-refractivity contribution in [3.8, 4) is 0 Å². The highest BCUT2D eigenvalue weighted by Crippen LogP contribution is 2.25. The van der Waals surface area contributed by atoms with Crippen molar-refractivity contribution in [3.05, 3.63) is 0 Å². The summed E-state index contributed by atoms with van der Waals surface area (Å²) < 4.78 is 0. The Balaban J connectivity index is 1.60. The molecule has 0 saturated heterocycles. The lowest BCUT2D eigenvalue weighted by atomic mass is 9.95. The summed E-state index contributed by atoms with van der Waals surface area (Å²) in [5.41, 5.74) is 0. The normalized spacial score (nSPS) is 26.8. The molecule has 0 aromatic carbocycles. The lowest BCUT2D eigenvalue weighted by Crippen LogP contribution is -2.34. The van der Waals surface area contributed by atoms with Crippen LogP contribution in [0, 0.1) is 5.92 Å². The van der Waals surface area contributed by atoms with Gasteiger partial charge >= 0.3 is 0 Å². The predicted molar refractivity (Wildman–Crippen MR) is 56.8 cm³/mol. The molecule has 2 fully saturated rings. The second-order valence-corrected chi connectivity index (χ2v) is 4.89. The number of hydrogen-bond acceptors (Lipinski definition) is 1. The highest BCUT2D eigenvalue weighted by Gasteiger charge is 2.17. The fourth-order valence-corrected chi connectivity index (χ4v) is 2.85. The van der Waals surface area contributed by atoms with Crippen molar-refractivity contribution in [1.29, 1.82) is 0 Å². The van der Waals surface area contributed by atoms with E-state index in [9.17, 15) is 0 Å². The van der Waals surface area contributed by atoms with Crippen molar-refractivity contribution in [3.63, 3.8) is 0 Å². The monoisotopic (exact) mass is 181 g/mol. The zero-order valence-electron chi connectivity index (χ0n) is 8.73. The third-order valence-electron chi connectivity index (χ3n) is 3.78. The first-order chi connectivity index (χ1) is 6.45. The molecule has 0 heterocycles. The standard InChI is InChI=1S/C12H23N/c1-2-8-12(9-3-1)13-10-11-6-4-5-7-11/h11-13H,1-10H2. The van der Waals surface area contributed by atoms with Crippen molar-refractivity contribution in [2.24, 2.45) is 5.92 Å². The molecule has 0 aromatic rings. The van der Waals surface area contributed by atoms with E-state index in [0.717, 1.165) is 12.0 Å². The summed E-state index contributed by atoms with van der Waals surface area (Å²) in [6, 6.07) is 0.870. The Morgan fingerprint density at radius 1 is 0.769 bits per heavy atom. The second kappa shape index (κ2) is 4.99. The summed E-state index contributed by atoms with van der Waals surface area (Å²) in [4.78, 5) is 0. The average molecular weight is 181 g/mol. The van der Waals surface area contributed by atoms with Crippen LogP contribution in [0.25, 0.3) is 0 Å². The van der Waals surface area contributed by atoms with Gasteiger partial charge < -0.3 is 5.32 Å². The third kappa shape index (κ3) is 2.98. The van der Waals surface area contributed by atoms with Gasteiger partial charge in [0.25, 0.3) is 0 Å². The predicted octanol–water partition coefficient (Wildman–Crippen LogP) is 3.10. The lowest BCUT2D eigenvalue weighted by Gasteiger charge is -2.24. The van der Waals surface area contributed by atoms with E-state index in [1.165, 1.54) is 64.3 Å². The molecule has 0 radical (unpaired) electrons. The molecule has 1 heteroatoms. The fraction of sp³-hybridized carbons (Fsp3) is 1.00. The summed E-state index contributed by atoms with van der Waals surface area (Å²) in [6.45, 7) is 1.31. The average Bonchev–Trinajstić information content (AvgIpc) is 2.69. The van der Waals surface area contributed by atoms with Gasteiger partial charge in [0.2, 0.25) is 0 Å². The zero-order valence-corrected chi connectivity index (χ0v) is 8.73. The van der Waals surface area contributed by atoms with Crippen LogP contribution in [0.4, 0.5) is 0 Å². The lowest BCUT2D eigenvalue weighted by molar-refractivity contribution is 0.347. The van der Waals surface area contributed by atoms with Gasteiger partial charge in [-0.2, -0.15) is 0 Å². The summed E-state index contributed by atoms with van der Waals surface area (Å²) >= 11 is 0. The van der Waals surface area contributed by atoms with Gasteiger partial charge in [0.15, 0.2) is 0 Å². The Bertz CT molecular complexity index is 132. The summed E-state index contributed by atoms with van der Waals surface area (Å²) in [5, 5.41) is 3.76. The van der Waals surface area contributed by atoms with E-state index in [-0.39, 0.29) is 0 Å². The van der Waals surface area contributed by atoms with Crippen molar-refractivity contribution >= 4 is 0 Å². The Hall–Kier alpha value is -0.0400. The maximum atomic E-state index is 3.76. The van der Waals surface area contributed by atoms with Crippen LogP contribution in [0.1, 0.15) is 57.8 Å². The second-order valence-electron chi connectivity index (χ2n) is 4.89. The van der Waals surface area contributed by atoms with E-state index in [1.807, 2.05) is 0 Å². The van der Waals surface area contributed by atoms with Gasteiger partial charge in [-0.3, -0.25) is 0 Å². The van der Waals surface area contributed by atoms with Gasteiger partial charge in [0.1, 0.15) is 0 Å². The van der Waals surface area contributed by atoms with Gasteiger partial charge in [0.05, 0.1) is 0 Å². The molecule has 2 aliphatic carbocycles. The molecule has 0 unspecified atom stereocenters. The van der Waals surface area contributed by atoms with Crippen molar-refractivity contribution in [2.75, 3.05) is 6.54 Å². The highest BCUT2D eigenvalue weighted by atomic mass is 14.9. The molecular weight excluding hydrogens is 158 g/mol. The van der Waals surface area contributed by atoms with Crippen LogP contribution in [-0.2, 0) is 0 Å². The first kappa shape index (κ1) is 9.51. The van der Waals surface area contributed by atoms with Crippen LogP contribution in [0.15, 0.2) is 0 Å². The number of hydrogen-bond donors (Lipinski definition) is 1. The van der Waals surface area contributed by atoms with Gasteiger partial charge in [-0.05, 0) is 38.1 Å². The molecule has 2 rings (SSSR count). The topological polar surface area (TPSA) is 12.0 Å². The molecule has 1 N–H and O–H groups in total. The largest absolute Gasteiger partial charge is 0.314 e. The smallest absolute Gasteiger partial charge is 0.00671 e. The minimum atomic E-state index is 0.870. The van der Waals surface area contributed by atoms with Gasteiger partial charge in [-0.25, -0.2) is 0 Å². The van der Waals surface area contributed by atoms with Crippen LogP contribution < -0.4 is 5.32 Å². The van der Waals surface area contributed by atoms with E-state index in [4.69, 9.17) is 0 Å². The molecule has 0 bridgehead atoms. The van der Waals surface area contributed by atoms with Crippen LogP contribution >= 0.6 is 0 Å². The van der Waals surface area contributed by atoms with E-state index in [0.29, 0.717) is 0 Å². The van der Waals surface area contributed by atoms with Gasteiger partial charge in [-0.15, -0.1) is 0 Å². The van der Waals surface area contributed by atoms with Crippen LogP contribution in [-0.4, -0.2) is 12.6 Å². The van der Waals surface area contributed by atoms with Crippen LogP contribution in [0.3, 0.4) is 0 Å². The Morgan fingerprint density at radius 3 is 2.08 bits per heavy atom. The first-order valence-corrected chi connectivity index (χ1v) is 6.18. The first-order valence-electron chi connectivity index (χ1n) is 6.18. The van der Waals surface area contributed by atoms with Gasteiger partial charge in [-0.1, -0.05) is 32.1 Å². The number of nitrogens with one attached hydrogen (secondary N) is 1. The van der Waals surface area contributed by atoms with Crippen molar-refractivity contribution in [1.82, 2.24) is 5.32 Å². The summed E-state index contributed by atoms with van der Waals surface area (Å²) in [6.07, 6.45) is 13.2. The van der Waals surface area contributed by atoms with E-state index in [1.54, 1.807) is 0 Å². The molecule has 2 saturated carbocycles. The van der Waals surface area contributed by atoms with Crippen LogP contribution in [0.2, 0.25) is 0 Å². The van der Waals surface area contributed by atoms with E-state index >= 15 is 0 Å². The maximum Gasteiger partial charge on any atom is 0.00671 e. The summed E-state index contributed by atoms with van der Waals surface area (Å²) in [5.74, 6) is 1.02. The third-order valence-corrected chi connectivity index (χ3v) is 3.78. The van der Waals surface area contributed by atoms with Crippen molar-refractivity contribution < 1.29 is 0 Å². The highest BCUT2D eigenvalue weighted by molar-refractivity contribution is 4.75. The molecule has 0 atom stereocenters. The molecule has 0 aliphatic heterocycles. The zero-order chi connectivity index (χ0) is 8.93. The van der Waals surface area contributed by atoms with E-state index in [2.05, 4.69) is 5.32 Å². The Labute approximate surface area is 82.3 Å². The quantitative estimate of drug-likeness (QED) is 0.705. The molecule has 0 amide bonds. The molecule has 0 aromatic heterocycles. The minimum absolute atomic E-state index is 0.870. The Morgan fingerprint density at radius 2 is 1.38 bits per heavy atom. The molecule has 1 nitrogen and oxygen atoms in total. The minimum Gasteiger partial charge on any atom is -0.314 e. The molecule has 13 heavy (non-hydrogen) atoms. The van der Waals surface area contributed by atoms with E-state index < -0.39 is 0 Å². The van der Waals surface area contributed by atoms with Gasteiger partial charge in [0, 0.05) is 6.04 Å². The SMILES string of the molecule is C1CCC(NCC2CCCC2)CC1. The van der Waals surface area contributed by atoms with Crippen molar-refractivity contribution in [2.45, 2.75) is 63.8 Å². The van der Waals surface area contributed by atoms with Crippen LogP contribution in [0.5, 0.6) is 0 Å². The fourth-order valence-electron chi connectivity index (χ4n) is 2.85. The summed E-state index contributed by atoms with van der Waals surface area (Å²) in [7, 11) is 0. The molecule has 2 aliphatic rings. The molecular formula is C12H23N. The molecule has 76 valence electrons. The molecule has 0 spiro atoms. The maximum absolute atomic E-state index is 3.76. The number of rotatable bonds is 3.